The van der Waals surface area contributed by atoms with Gasteiger partial charge in [0.2, 0.25) is 5.91 Å². The summed E-state index contributed by atoms with van der Waals surface area (Å²) in [6.45, 7) is 3.46. The Kier molecular flexibility index (Phi) is 5.90. The van der Waals surface area contributed by atoms with E-state index < -0.39 is 17.2 Å². The number of aryl methyl sites for hydroxylation is 2. The van der Waals surface area contributed by atoms with Gasteiger partial charge in [0.25, 0.3) is 5.56 Å². The summed E-state index contributed by atoms with van der Waals surface area (Å²) in [5.74, 6) is -0.577. The molecule has 0 saturated heterocycles. The standard InChI is InChI=1S/C23H20ClN3O4S/c1-3-16-11-17-21(30)27(15-6-4-5-14(24)10-15)23(31)26(22(17)32-16)12-20(29)25-18-9-13(2)7-8-19(18)28/h4-11,28H,3,12H2,1-2H3,(H,25,29). The van der Waals surface area contributed by atoms with E-state index in [0.29, 0.717) is 27.3 Å². The highest BCUT2D eigenvalue weighted by molar-refractivity contribution is 7.18. The minimum Gasteiger partial charge on any atom is -0.506 e. The molecule has 0 atom stereocenters. The first-order chi connectivity index (χ1) is 15.3. The van der Waals surface area contributed by atoms with Gasteiger partial charge in [0.15, 0.2) is 0 Å². The molecule has 7 nitrogen and oxygen atoms in total. The molecule has 2 aromatic carbocycles. The second-order valence-electron chi connectivity index (χ2n) is 7.34. The molecule has 0 bridgehead atoms. The van der Waals surface area contributed by atoms with Crippen LogP contribution in [-0.2, 0) is 17.8 Å². The predicted molar refractivity (Wildman–Crippen MR) is 128 cm³/mol. The number of benzene rings is 2. The van der Waals surface area contributed by atoms with Gasteiger partial charge in [-0.2, -0.15) is 0 Å². The van der Waals surface area contributed by atoms with Gasteiger partial charge in [0.05, 0.1) is 16.8 Å². The van der Waals surface area contributed by atoms with Crippen LogP contribution in [0, 0.1) is 6.92 Å². The monoisotopic (exact) mass is 469 g/mol. The van der Waals surface area contributed by atoms with Crippen LogP contribution < -0.4 is 16.6 Å². The minimum atomic E-state index is -0.641. The first-order valence-corrected chi connectivity index (χ1v) is 11.1. The number of phenols is 1. The summed E-state index contributed by atoms with van der Waals surface area (Å²) in [7, 11) is 0. The maximum Gasteiger partial charge on any atom is 0.337 e. The summed E-state index contributed by atoms with van der Waals surface area (Å²) < 4.78 is 2.31. The summed E-state index contributed by atoms with van der Waals surface area (Å²) in [5, 5.41) is 13.4. The van der Waals surface area contributed by atoms with Gasteiger partial charge in [-0.25, -0.2) is 9.36 Å². The van der Waals surface area contributed by atoms with Gasteiger partial charge in [-0.15, -0.1) is 11.3 Å². The van der Waals surface area contributed by atoms with Gasteiger partial charge in [-0.3, -0.25) is 14.2 Å². The third-order valence-corrected chi connectivity index (χ3v) is 6.54. The van der Waals surface area contributed by atoms with Gasteiger partial charge in [0, 0.05) is 9.90 Å². The average Bonchev–Trinajstić information content (AvgIpc) is 3.19. The molecule has 2 heterocycles. The first kappa shape index (κ1) is 21.9. The topological polar surface area (TPSA) is 93.3 Å². The highest BCUT2D eigenvalue weighted by atomic mass is 35.5. The number of rotatable bonds is 5. The maximum atomic E-state index is 13.4. The second kappa shape index (κ2) is 8.64. The Morgan fingerprint density at radius 1 is 1.16 bits per heavy atom. The van der Waals surface area contributed by atoms with Gasteiger partial charge in [0.1, 0.15) is 17.1 Å². The van der Waals surface area contributed by atoms with Crippen LogP contribution >= 0.6 is 22.9 Å². The predicted octanol–water partition coefficient (Wildman–Crippen LogP) is 4.08. The van der Waals surface area contributed by atoms with Gasteiger partial charge in [-0.05, 0) is 55.3 Å². The number of thiophene rings is 1. The molecule has 32 heavy (non-hydrogen) atoms. The van der Waals surface area contributed by atoms with E-state index in [2.05, 4.69) is 5.32 Å². The molecule has 0 spiro atoms. The molecule has 0 unspecified atom stereocenters. The summed E-state index contributed by atoms with van der Waals surface area (Å²) in [6, 6.07) is 13.0. The molecule has 0 radical (unpaired) electrons. The molecule has 9 heteroatoms. The SMILES string of the molecule is CCc1cc2c(=O)n(-c3cccc(Cl)c3)c(=O)n(CC(=O)Nc3cc(C)ccc3O)c2s1. The lowest BCUT2D eigenvalue weighted by Crippen LogP contribution is -2.40. The van der Waals surface area contributed by atoms with Crippen LogP contribution in [0.4, 0.5) is 5.69 Å². The fraction of sp³-hybridized carbons (Fsp3) is 0.174. The molecular formula is C23H20ClN3O4S. The van der Waals surface area contributed by atoms with Crippen LogP contribution in [0.5, 0.6) is 5.75 Å². The average molecular weight is 470 g/mol. The Labute approximate surface area is 192 Å². The van der Waals surface area contributed by atoms with E-state index in [0.717, 1.165) is 15.0 Å². The van der Waals surface area contributed by atoms with E-state index in [4.69, 9.17) is 11.6 Å². The van der Waals surface area contributed by atoms with Crippen molar-refractivity contribution in [1.82, 2.24) is 9.13 Å². The number of aromatic nitrogens is 2. The number of anilines is 1. The normalized spacial score (nSPS) is 11.1. The van der Waals surface area contributed by atoms with Crippen molar-refractivity contribution in [2.45, 2.75) is 26.8 Å². The highest BCUT2D eigenvalue weighted by Crippen LogP contribution is 2.25. The van der Waals surface area contributed by atoms with Gasteiger partial charge < -0.3 is 10.4 Å². The zero-order valence-electron chi connectivity index (χ0n) is 17.4. The van der Waals surface area contributed by atoms with E-state index >= 15 is 0 Å². The number of phenolic OH excluding ortho intramolecular Hbond substituents is 1. The number of hydrogen-bond acceptors (Lipinski definition) is 5. The Balaban J connectivity index is 1.85. The van der Waals surface area contributed by atoms with E-state index in [9.17, 15) is 19.5 Å². The minimum absolute atomic E-state index is 0.0743. The number of carbonyl (C=O) groups is 1. The van der Waals surface area contributed by atoms with E-state index in [1.807, 2.05) is 13.8 Å². The third kappa shape index (κ3) is 4.06. The van der Waals surface area contributed by atoms with Crippen molar-refractivity contribution in [2.24, 2.45) is 0 Å². The van der Waals surface area contributed by atoms with Crippen LogP contribution in [0.1, 0.15) is 17.4 Å². The largest absolute Gasteiger partial charge is 0.506 e. The lowest BCUT2D eigenvalue weighted by atomic mass is 10.2. The fourth-order valence-corrected chi connectivity index (χ4v) is 4.70. The Bertz CT molecular complexity index is 1470. The van der Waals surface area contributed by atoms with Crippen molar-refractivity contribution in [3.8, 4) is 11.4 Å². The Morgan fingerprint density at radius 3 is 2.66 bits per heavy atom. The molecule has 0 aliphatic carbocycles. The van der Waals surface area contributed by atoms with Crippen molar-refractivity contribution in [2.75, 3.05) is 5.32 Å². The maximum absolute atomic E-state index is 13.4. The molecule has 0 saturated carbocycles. The number of fused-ring (bicyclic) bond motifs is 1. The number of aromatic hydroxyl groups is 1. The van der Waals surface area contributed by atoms with Crippen molar-refractivity contribution >= 4 is 44.7 Å². The molecule has 4 aromatic rings. The van der Waals surface area contributed by atoms with Crippen LogP contribution in [-0.4, -0.2) is 20.1 Å². The van der Waals surface area contributed by atoms with Crippen molar-refractivity contribution in [3.05, 3.63) is 84.8 Å². The molecule has 2 N–H and O–H groups in total. The summed E-state index contributed by atoms with van der Waals surface area (Å²) in [6.07, 6.45) is 0.688. The van der Waals surface area contributed by atoms with Crippen molar-refractivity contribution in [1.29, 1.82) is 0 Å². The molecule has 0 fully saturated rings. The van der Waals surface area contributed by atoms with Gasteiger partial charge in [-0.1, -0.05) is 30.7 Å². The molecule has 2 aromatic heterocycles. The quantitative estimate of drug-likeness (QED) is 0.431. The Morgan fingerprint density at radius 2 is 1.94 bits per heavy atom. The molecule has 0 aliphatic rings. The van der Waals surface area contributed by atoms with Crippen molar-refractivity contribution < 1.29 is 9.90 Å². The van der Waals surface area contributed by atoms with Crippen LogP contribution in [0.3, 0.4) is 0 Å². The second-order valence-corrected chi connectivity index (χ2v) is 8.89. The fourth-order valence-electron chi connectivity index (χ4n) is 3.44. The molecular weight excluding hydrogens is 450 g/mol. The molecule has 0 aliphatic heterocycles. The number of amides is 1. The first-order valence-electron chi connectivity index (χ1n) is 9.92. The molecule has 4 rings (SSSR count). The lowest BCUT2D eigenvalue weighted by molar-refractivity contribution is -0.116. The summed E-state index contributed by atoms with van der Waals surface area (Å²) in [5.41, 5.74) is 0.333. The van der Waals surface area contributed by atoms with E-state index in [1.165, 1.54) is 28.0 Å². The van der Waals surface area contributed by atoms with E-state index in [-0.39, 0.29) is 18.0 Å². The van der Waals surface area contributed by atoms with Gasteiger partial charge >= 0.3 is 5.69 Å². The van der Waals surface area contributed by atoms with Crippen LogP contribution in [0.15, 0.2) is 58.1 Å². The van der Waals surface area contributed by atoms with Crippen LogP contribution in [0.2, 0.25) is 5.02 Å². The number of nitrogens with one attached hydrogen (secondary N) is 1. The van der Waals surface area contributed by atoms with Crippen LogP contribution in [0.25, 0.3) is 15.9 Å². The zero-order chi connectivity index (χ0) is 23.0. The molecule has 164 valence electrons. The molecule has 1 amide bonds. The van der Waals surface area contributed by atoms with Crippen molar-refractivity contribution in [3.63, 3.8) is 0 Å². The lowest BCUT2D eigenvalue weighted by Gasteiger charge is -2.13. The third-order valence-electron chi connectivity index (χ3n) is 5.01. The van der Waals surface area contributed by atoms with E-state index in [1.54, 1.807) is 36.4 Å². The summed E-state index contributed by atoms with van der Waals surface area (Å²) >= 11 is 7.38. The number of hydrogen-bond donors (Lipinski definition) is 2. The summed E-state index contributed by atoms with van der Waals surface area (Å²) in [4.78, 5) is 40.7. The number of carbonyl (C=O) groups excluding carboxylic acids is 1. The zero-order valence-corrected chi connectivity index (χ0v) is 19.0. The number of halogens is 1. The Hall–Kier alpha value is -3.36. The number of nitrogens with zero attached hydrogens (tertiary/aromatic N) is 2. The smallest absolute Gasteiger partial charge is 0.337 e. The highest BCUT2D eigenvalue weighted by Gasteiger charge is 2.19.